The van der Waals surface area contributed by atoms with Crippen LogP contribution in [0.25, 0.3) is 0 Å². The first-order chi connectivity index (χ1) is 10.5. The third-order valence-corrected chi connectivity index (χ3v) is 5.40. The minimum absolute atomic E-state index is 0.0909. The number of nitrogens with zero attached hydrogens (tertiary/aromatic N) is 2. The molecule has 0 aromatic carbocycles. The van der Waals surface area contributed by atoms with E-state index in [1.807, 2.05) is 0 Å². The van der Waals surface area contributed by atoms with E-state index in [2.05, 4.69) is 40.1 Å². The molecule has 5 nitrogen and oxygen atoms in total. The Morgan fingerprint density at radius 1 is 1.55 bits per heavy atom. The van der Waals surface area contributed by atoms with Gasteiger partial charge in [0.2, 0.25) is 5.91 Å². The highest BCUT2D eigenvalue weighted by Crippen LogP contribution is 2.34. The quantitative estimate of drug-likeness (QED) is 0.873. The smallest absolute Gasteiger partial charge is 0.249 e. The monoisotopic (exact) mass is 381 g/mol. The summed E-state index contributed by atoms with van der Waals surface area (Å²) < 4.78 is 2.70. The summed E-state index contributed by atoms with van der Waals surface area (Å²) in [4.78, 5) is 28.8. The van der Waals surface area contributed by atoms with Gasteiger partial charge in [-0.3, -0.25) is 9.59 Å². The third kappa shape index (κ3) is 2.75. The second-order valence-corrected chi connectivity index (χ2v) is 7.92. The van der Waals surface area contributed by atoms with Gasteiger partial charge in [0, 0.05) is 12.6 Å². The summed E-state index contributed by atoms with van der Waals surface area (Å²) in [5.41, 5.74) is 1.55. The average Bonchev–Trinajstić information content (AvgIpc) is 3.06. The van der Waals surface area contributed by atoms with E-state index < -0.39 is 0 Å². The van der Waals surface area contributed by atoms with Crippen LogP contribution in [-0.4, -0.2) is 21.2 Å². The van der Waals surface area contributed by atoms with E-state index in [0.717, 1.165) is 9.48 Å². The number of halogens is 1. The number of hydrogen-bond acceptors (Lipinski definition) is 4. The van der Waals surface area contributed by atoms with Gasteiger partial charge >= 0.3 is 0 Å². The molecule has 2 aromatic rings. The molecule has 0 aliphatic carbocycles. The van der Waals surface area contributed by atoms with Crippen molar-refractivity contribution in [1.82, 2.24) is 9.55 Å². The fraction of sp³-hybridized carbons (Fsp3) is 0.400. The molecule has 0 saturated carbocycles. The Bertz CT molecular complexity index is 735. The molecule has 7 heteroatoms. The summed E-state index contributed by atoms with van der Waals surface area (Å²) >= 11 is 4.90. The number of anilines is 1. The first-order valence-electron chi connectivity index (χ1n) is 7.14. The zero-order valence-corrected chi connectivity index (χ0v) is 14.7. The zero-order valence-electron chi connectivity index (χ0n) is 12.3. The number of carbonyl (C=O) groups excluding carboxylic acids is 2. The van der Waals surface area contributed by atoms with E-state index in [9.17, 15) is 9.59 Å². The first kappa shape index (κ1) is 15.4. The Kier molecular flexibility index (Phi) is 4.18. The summed E-state index contributed by atoms with van der Waals surface area (Å²) in [5.74, 6) is 0.259. The highest BCUT2D eigenvalue weighted by Gasteiger charge is 2.30. The van der Waals surface area contributed by atoms with Crippen molar-refractivity contribution >= 4 is 44.1 Å². The molecule has 0 bridgehead atoms. The van der Waals surface area contributed by atoms with Crippen LogP contribution in [0, 0.1) is 0 Å². The number of hydrogen-bond donors (Lipinski definition) is 1. The lowest BCUT2D eigenvalue weighted by atomic mass is 10.0. The number of nitrogens with one attached hydrogen (secondary N) is 1. The Balaban J connectivity index is 1.80. The maximum atomic E-state index is 12.5. The summed E-state index contributed by atoms with van der Waals surface area (Å²) in [6.07, 6.45) is 2.71. The summed E-state index contributed by atoms with van der Waals surface area (Å²) in [6.45, 7) is 4.12. The van der Waals surface area contributed by atoms with Crippen LogP contribution in [0.2, 0.25) is 0 Å². The molecule has 0 saturated heterocycles. The van der Waals surface area contributed by atoms with Gasteiger partial charge in [-0.2, -0.15) is 0 Å². The van der Waals surface area contributed by atoms with Gasteiger partial charge in [0.05, 0.1) is 15.2 Å². The minimum Gasteiger partial charge on any atom is -0.333 e. The van der Waals surface area contributed by atoms with Crippen molar-refractivity contribution < 1.29 is 9.59 Å². The number of aromatic nitrogens is 2. The van der Waals surface area contributed by atoms with E-state index in [1.54, 1.807) is 22.9 Å². The van der Waals surface area contributed by atoms with Gasteiger partial charge in [-0.15, -0.1) is 0 Å². The lowest BCUT2D eigenvalue weighted by Crippen LogP contribution is -2.31. The molecule has 0 fully saturated rings. The van der Waals surface area contributed by atoms with Crippen LogP contribution in [0.1, 0.15) is 54.8 Å². The normalized spacial score (nSPS) is 17.6. The fourth-order valence-corrected chi connectivity index (χ4v) is 4.46. The molecule has 1 N–H and O–H groups in total. The van der Waals surface area contributed by atoms with Gasteiger partial charge in [0.1, 0.15) is 6.04 Å². The number of amides is 1. The number of Topliss-reactive ketones (excluding diaryl/α,β-unsaturated/α-hetero) is 1. The highest BCUT2D eigenvalue weighted by molar-refractivity contribution is 9.11. The van der Waals surface area contributed by atoms with Crippen molar-refractivity contribution in [2.24, 2.45) is 0 Å². The Labute approximate surface area is 140 Å². The number of ketones is 1. The predicted octanol–water partition coefficient (Wildman–Crippen LogP) is 3.99. The predicted molar refractivity (Wildman–Crippen MR) is 89.6 cm³/mol. The number of thiazole rings is 1. The van der Waals surface area contributed by atoms with Crippen LogP contribution in [0.5, 0.6) is 0 Å². The molecule has 22 heavy (non-hydrogen) atoms. The van der Waals surface area contributed by atoms with Crippen molar-refractivity contribution in [2.75, 3.05) is 5.32 Å². The molecule has 2 aromatic heterocycles. The lowest BCUT2D eigenvalue weighted by molar-refractivity contribution is -0.119. The van der Waals surface area contributed by atoms with Crippen LogP contribution in [-0.2, 0) is 4.79 Å². The first-order valence-corrected chi connectivity index (χ1v) is 8.75. The van der Waals surface area contributed by atoms with Crippen molar-refractivity contribution in [2.45, 2.75) is 38.6 Å². The molecule has 1 unspecified atom stereocenters. The number of rotatable bonds is 3. The Morgan fingerprint density at radius 2 is 2.32 bits per heavy atom. The molecular weight excluding hydrogens is 366 g/mol. The molecule has 1 atom stereocenters. The highest BCUT2D eigenvalue weighted by atomic mass is 79.9. The molecule has 116 valence electrons. The molecule has 0 radical (unpaired) electrons. The minimum atomic E-state index is -0.354. The number of carbonyl (C=O) groups is 2. The van der Waals surface area contributed by atoms with Crippen LogP contribution in [0.4, 0.5) is 5.13 Å². The number of fused-ring (bicyclic) bond motifs is 1. The van der Waals surface area contributed by atoms with E-state index in [0.29, 0.717) is 29.6 Å². The molecular formula is C15H16BrN3O2S. The summed E-state index contributed by atoms with van der Waals surface area (Å²) in [5, 5.41) is 3.47. The van der Waals surface area contributed by atoms with Crippen LogP contribution >= 0.6 is 27.3 Å². The standard InChI is InChI=1S/C15H16BrN3O2S/c1-8(2)12-13(16)22-15(17-12)18-14(21)10-5-6-11(20)9-4-3-7-19(9)10/h3-4,7-8,10H,5-6H2,1-2H3,(H,17,18,21). The van der Waals surface area contributed by atoms with Gasteiger partial charge in [0.25, 0.3) is 0 Å². The average molecular weight is 382 g/mol. The summed E-state index contributed by atoms with van der Waals surface area (Å²) in [7, 11) is 0. The molecule has 3 rings (SSSR count). The van der Waals surface area contributed by atoms with Gasteiger partial charge < -0.3 is 9.88 Å². The van der Waals surface area contributed by atoms with Gasteiger partial charge in [0.15, 0.2) is 10.9 Å². The van der Waals surface area contributed by atoms with Crippen LogP contribution in [0.15, 0.2) is 22.1 Å². The van der Waals surface area contributed by atoms with Crippen molar-refractivity contribution in [3.8, 4) is 0 Å². The van der Waals surface area contributed by atoms with E-state index >= 15 is 0 Å². The van der Waals surface area contributed by atoms with Crippen molar-refractivity contribution in [3.63, 3.8) is 0 Å². The van der Waals surface area contributed by atoms with Gasteiger partial charge in [-0.25, -0.2) is 4.98 Å². The fourth-order valence-electron chi connectivity index (χ4n) is 2.61. The van der Waals surface area contributed by atoms with Crippen LogP contribution < -0.4 is 5.32 Å². The van der Waals surface area contributed by atoms with E-state index in [-0.39, 0.29) is 17.7 Å². The largest absolute Gasteiger partial charge is 0.333 e. The maximum Gasteiger partial charge on any atom is 0.249 e. The van der Waals surface area contributed by atoms with E-state index in [4.69, 9.17) is 0 Å². The topological polar surface area (TPSA) is 64.0 Å². The third-order valence-electron chi connectivity index (χ3n) is 3.73. The molecule has 1 amide bonds. The second-order valence-electron chi connectivity index (χ2n) is 5.60. The Hall–Kier alpha value is -1.47. The van der Waals surface area contributed by atoms with E-state index in [1.165, 1.54) is 11.3 Å². The summed E-state index contributed by atoms with van der Waals surface area (Å²) in [6, 6.07) is 3.21. The van der Waals surface area contributed by atoms with Crippen molar-refractivity contribution in [3.05, 3.63) is 33.5 Å². The SMILES string of the molecule is CC(C)c1nc(NC(=O)C2CCC(=O)c3cccn32)sc1Br. The molecule has 0 spiro atoms. The van der Waals surface area contributed by atoms with Crippen LogP contribution in [0.3, 0.4) is 0 Å². The zero-order chi connectivity index (χ0) is 15.9. The van der Waals surface area contributed by atoms with Gasteiger partial charge in [-0.1, -0.05) is 25.2 Å². The molecule has 1 aliphatic heterocycles. The van der Waals surface area contributed by atoms with Crippen molar-refractivity contribution in [1.29, 1.82) is 0 Å². The Morgan fingerprint density at radius 3 is 3.00 bits per heavy atom. The second kappa shape index (κ2) is 5.96. The molecule has 3 heterocycles. The molecule has 1 aliphatic rings. The maximum absolute atomic E-state index is 12.5. The van der Waals surface area contributed by atoms with Gasteiger partial charge in [-0.05, 0) is 40.4 Å². The lowest BCUT2D eigenvalue weighted by Gasteiger charge is -2.24.